The number of carbonyl (C=O) groups is 1. The maximum absolute atomic E-state index is 11.5. The number of amides is 1. The van der Waals surface area contributed by atoms with Crippen LogP contribution in [0.3, 0.4) is 0 Å². The molecule has 0 N–H and O–H groups in total. The molecule has 1 aromatic rings. The van der Waals surface area contributed by atoms with Gasteiger partial charge in [0, 0.05) is 24.3 Å². The summed E-state index contributed by atoms with van der Waals surface area (Å²) in [5.41, 5.74) is 1.26. The molecule has 0 saturated carbocycles. The molecule has 1 amide bonds. The van der Waals surface area contributed by atoms with Crippen molar-refractivity contribution in [3.63, 3.8) is 0 Å². The Morgan fingerprint density at radius 2 is 2.50 bits per heavy atom. The minimum atomic E-state index is 0.0297. The maximum atomic E-state index is 11.5. The van der Waals surface area contributed by atoms with E-state index < -0.39 is 0 Å². The molecule has 0 bridgehead atoms. The molecule has 2 aliphatic rings. The standard InChI is InChI=1S/C10H11NO2S/c12-9-1-2-10-11(9)5-7-3-4-14-8(7)6-13-10/h3-4,10H,1-2,5-6H2. The van der Waals surface area contributed by atoms with E-state index in [9.17, 15) is 4.79 Å². The second-order valence-electron chi connectivity index (χ2n) is 3.69. The number of fused-ring (bicyclic) bond motifs is 2. The Morgan fingerprint density at radius 1 is 1.57 bits per heavy atom. The molecule has 4 heteroatoms. The molecule has 1 saturated heterocycles. The second kappa shape index (κ2) is 3.07. The second-order valence-corrected chi connectivity index (χ2v) is 4.70. The van der Waals surface area contributed by atoms with Gasteiger partial charge < -0.3 is 9.64 Å². The normalized spacial score (nSPS) is 25.9. The van der Waals surface area contributed by atoms with Crippen LogP contribution in [0.2, 0.25) is 0 Å². The van der Waals surface area contributed by atoms with Crippen LogP contribution in [0.4, 0.5) is 0 Å². The molecule has 1 atom stereocenters. The molecule has 0 aliphatic carbocycles. The first-order chi connectivity index (χ1) is 6.84. The summed E-state index contributed by atoms with van der Waals surface area (Å²) in [7, 11) is 0. The van der Waals surface area contributed by atoms with E-state index in [0.717, 1.165) is 13.0 Å². The highest BCUT2D eigenvalue weighted by atomic mass is 32.1. The van der Waals surface area contributed by atoms with Crippen molar-refractivity contribution in [3.8, 4) is 0 Å². The molecule has 3 rings (SSSR count). The Hall–Kier alpha value is -0.870. The predicted molar refractivity (Wildman–Crippen MR) is 52.7 cm³/mol. The van der Waals surface area contributed by atoms with Gasteiger partial charge in [0.15, 0.2) is 0 Å². The fraction of sp³-hybridized carbons (Fsp3) is 0.500. The van der Waals surface area contributed by atoms with Crippen molar-refractivity contribution in [2.75, 3.05) is 0 Å². The van der Waals surface area contributed by atoms with Crippen LogP contribution in [-0.2, 0) is 22.7 Å². The molecule has 1 aromatic heterocycles. The first-order valence-electron chi connectivity index (χ1n) is 4.81. The fourth-order valence-corrected chi connectivity index (χ4v) is 2.88. The van der Waals surface area contributed by atoms with Crippen molar-refractivity contribution in [2.24, 2.45) is 0 Å². The van der Waals surface area contributed by atoms with Crippen LogP contribution < -0.4 is 0 Å². The van der Waals surface area contributed by atoms with Crippen molar-refractivity contribution in [1.82, 2.24) is 4.90 Å². The summed E-state index contributed by atoms with van der Waals surface area (Å²) >= 11 is 1.72. The topological polar surface area (TPSA) is 29.5 Å². The minimum Gasteiger partial charge on any atom is -0.353 e. The predicted octanol–water partition coefficient (Wildman–Crippen LogP) is 1.73. The van der Waals surface area contributed by atoms with Crippen molar-refractivity contribution in [1.29, 1.82) is 0 Å². The summed E-state index contributed by atoms with van der Waals surface area (Å²) < 4.78 is 5.70. The lowest BCUT2D eigenvalue weighted by Crippen LogP contribution is -2.32. The summed E-state index contributed by atoms with van der Waals surface area (Å²) in [5.74, 6) is 0.231. The highest BCUT2D eigenvalue weighted by Crippen LogP contribution is 2.30. The maximum Gasteiger partial charge on any atom is 0.225 e. The molecule has 0 radical (unpaired) electrons. The summed E-state index contributed by atoms with van der Waals surface area (Å²) in [6.07, 6.45) is 1.53. The van der Waals surface area contributed by atoms with Gasteiger partial charge in [0.1, 0.15) is 6.23 Å². The fourth-order valence-electron chi connectivity index (χ4n) is 2.06. The Balaban J connectivity index is 1.94. The summed E-state index contributed by atoms with van der Waals surface area (Å²) in [4.78, 5) is 14.7. The van der Waals surface area contributed by atoms with Crippen LogP contribution >= 0.6 is 11.3 Å². The molecule has 14 heavy (non-hydrogen) atoms. The van der Waals surface area contributed by atoms with Crippen LogP contribution in [-0.4, -0.2) is 17.0 Å². The molecule has 0 aromatic carbocycles. The Kier molecular flexibility index (Phi) is 1.85. The van der Waals surface area contributed by atoms with E-state index in [2.05, 4.69) is 11.4 Å². The summed E-state index contributed by atoms with van der Waals surface area (Å²) in [5, 5.41) is 2.06. The van der Waals surface area contributed by atoms with E-state index in [1.807, 2.05) is 4.90 Å². The van der Waals surface area contributed by atoms with E-state index in [4.69, 9.17) is 4.74 Å². The van der Waals surface area contributed by atoms with Gasteiger partial charge in [-0.1, -0.05) is 0 Å². The van der Waals surface area contributed by atoms with Crippen LogP contribution in [0.25, 0.3) is 0 Å². The number of hydrogen-bond acceptors (Lipinski definition) is 3. The van der Waals surface area contributed by atoms with Gasteiger partial charge in [0.25, 0.3) is 0 Å². The van der Waals surface area contributed by atoms with Gasteiger partial charge in [-0.2, -0.15) is 0 Å². The highest BCUT2D eigenvalue weighted by molar-refractivity contribution is 7.10. The average molecular weight is 209 g/mol. The Bertz CT molecular complexity index is 374. The Morgan fingerprint density at radius 3 is 3.43 bits per heavy atom. The SMILES string of the molecule is O=C1CCC2OCc3sccc3CN12. The first-order valence-corrected chi connectivity index (χ1v) is 5.69. The lowest BCUT2D eigenvalue weighted by Gasteiger charge is -2.21. The zero-order valence-corrected chi connectivity index (χ0v) is 8.55. The number of carbonyl (C=O) groups excluding carboxylic acids is 1. The molecule has 1 fully saturated rings. The third kappa shape index (κ3) is 1.18. The van der Waals surface area contributed by atoms with Crippen LogP contribution in [0.5, 0.6) is 0 Å². The number of rotatable bonds is 0. The highest BCUT2D eigenvalue weighted by Gasteiger charge is 2.34. The summed E-state index contributed by atoms with van der Waals surface area (Å²) in [6, 6.07) is 2.09. The number of nitrogens with zero attached hydrogens (tertiary/aromatic N) is 1. The lowest BCUT2D eigenvalue weighted by molar-refractivity contribution is -0.137. The molecule has 3 heterocycles. The third-order valence-corrected chi connectivity index (χ3v) is 3.80. The van der Waals surface area contributed by atoms with Crippen molar-refractivity contribution in [2.45, 2.75) is 32.2 Å². The largest absolute Gasteiger partial charge is 0.353 e. The molecule has 3 nitrogen and oxygen atoms in total. The smallest absolute Gasteiger partial charge is 0.225 e. The van der Waals surface area contributed by atoms with Gasteiger partial charge >= 0.3 is 0 Å². The Labute approximate surface area is 86.3 Å². The van der Waals surface area contributed by atoms with E-state index in [-0.39, 0.29) is 12.1 Å². The number of ether oxygens (including phenoxy) is 1. The van der Waals surface area contributed by atoms with Crippen LogP contribution in [0.1, 0.15) is 23.3 Å². The minimum absolute atomic E-state index is 0.0297. The van der Waals surface area contributed by atoms with Gasteiger partial charge in [-0.05, 0) is 17.0 Å². The summed E-state index contributed by atoms with van der Waals surface area (Å²) in [6.45, 7) is 1.41. The van der Waals surface area contributed by atoms with E-state index in [0.29, 0.717) is 13.0 Å². The zero-order valence-electron chi connectivity index (χ0n) is 7.73. The zero-order chi connectivity index (χ0) is 9.54. The molecule has 2 aliphatic heterocycles. The number of thiophene rings is 1. The van der Waals surface area contributed by atoms with Crippen molar-refractivity contribution in [3.05, 3.63) is 21.9 Å². The van der Waals surface area contributed by atoms with Crippen LogP contribution in [0, 0.1) is 0 Å². The molecule has 1 unspecified atom stereocenters. The van der Waals surface area contributed by atoms with Gasteiger partial charge in [-0.15, -0.1) is 11.3 Å². The van der Waals surface area contributed by atoms with Gasteiger partial charge in [-0.3, -0.25) is 4.79 Å². The third-order valence-electron chi connectivity index (χ3n) is 2.86. The quantitative estimate of drug-likeness (QED) is 0.651. The van der Waals surface area contributed by atoms with Gasteiger partial charge in [0.2, 0.25) is 5.91 Å². The number of hydrogen-bond donors (Lipinski definition) is 0. The lowest BCUT2D eigenvalue weighted by atomic mass is 10.2. The monoisotopic (exact) mass is 209 g/mol. The van der Waals surface area contributed by atoms with Crippen molar-refractivity contribution >= 4 is 17.2 Å². The van der Waals surface area contributed by atoms with E-state index in [1.54, 1.807) is 11.3 Å². The van der Waals surface area contributed by atoms with Crippen LogP contribution in [0.15, 0.2) is 11.4 Å². The molecule has 0 spiro atoms. The average Bonchev–Trinajstić information content (AvgIpc) is 2.71. The first kappa shape index (κ1) is 8.44. The van der Waals surface area contributed by atoms with E-state index >= 15 is 0 Å². The van der Waals surface area contributed by atoms with Gasteiger partial charge in [0.05, 0.1) is 6.61 Å². The van der Waals surface area contributed by atoms with Crippen molar-refractivity contribution < 1.29 is 9.53 Å². The molecular formula is C10H11NO2S. The van der Waals surface area contributed by atoms with E-state index in [1.165, 1.54) is 10.4 Å². The molecular weight excluding hydrogens is 198 g/mol. The van der Waals surface area contributed by atoms with Gasteiger partial charge in [-0.25, -0.2) is 0 Å². The molecule has 74 valence electrons.